The summed E-state index contributed by atoms with van der Waals surface area (Å²) in [6.07, 6.45) is 4.84. The molecular weight excluding hydrogens is 391 g/mol. The molecule has 1 aliphatic rings. The first-order chi connectivity index (χ1) is 13.9. The molecule has 1 radical (unpaired) electrons. The van der Waals surface area contributed by atoms with Gasteiger partial charge in [-0.3, -0.25) is 9.59 Å². The first-order valence-electron chi connectivity index (χ1n) is 10.1. The van der Waals surface area contributed by atoms with Gasteiger partial charge >= 0.3 is 5.97 Å². The summed E-state index contributed by atoms with van der Waals surface area (Å²) < 4.78 is 5.30. The number of anilines is 2. The molecule has 2 heterocycles. The number of carbonyl (C=O) groups excluding carboxylic acids is 2. The molecule has 1 aliphatic heterocycles. The number of carbonyl (C=O) groups is 2. The molecule has 0 unspecified atom stereocenters. The first kappa shape index (κ1) is 24.3. The SMILES string of the molecule is CC(=O)Oc1cnc(Cc2ccc(NC(=O)CC(C)C)cc2)nc1N1CCCC1.[Na]. The van der Waals surface area contributed by atoms with Crippen LogP contribution in [0.2, 0.25) is 0 Å². The summed E-state index contributed by atoms with van der Waals surface area (Å²) in [7, 11) is 0. The number of nitrogens with one attached hydrogen (secondary N) is 1. The second-order valence-corrected chi connectivity index (χ2v) is 7.78. The Hall–Kier alpha value is -1.96. The molecule has 0 saturated carbocycles. The van der Waals surface area contributed by atoms with Gasteiger partial charge in [-0.2, -0.15) is 0 Å². The molecule has 0 aliphatic carbocycles. The standard InChI is InChI=1S/C22H28N4O3.Na/c1-15(2)12-21(28)24-18-8-6-17(7-9-18)13-20-23-14-19(29-16(3)27)22(25-20)26-10-4-5-11-26;/h6-9,14-15H,4-5,10-13H2,1-3H3,(H,24,28);. The fourth-order valence-corrected chi connectivity index (χ4v) is 3.34. The summed E-state index contributed by atoms with van der Waals surface area (Å²) in [5, 5.41) is 2.91. The summed E-state index contributed by atoms with van der Waals surface area (Å²) in [4.78, 5) is 34.5. The van der Waals surface area contributed by atoms with E-state index in [2.05, 4.69) is 20.2 Å². The number of nitrogens with zero attached hydrogens (tertiary/aromatic N) is 3. The maximum atomic E-state index is 11.9. The molecule has 2 aromatic rings. The second-order valence-electron chi connectivity index (χ2n) is 7.78. The molecule has 1 saturated heterocycles. The van der Waals surface area contributed by atoms with Crippen molar-refractivity contribution in [3.05, 3.63) is 41.9 Å². The Morgan fingerprint density at radius 1 is 1.17 bits per heavy atom. The molecular formula is C22H28N4NaO3. The van der Waals surface area contributed by atoms with Crippen molar-refractivity contribution in [3.8, 4) is 5.75 Å². The average Bonchev–Trinajstić information content (AvgIpc) is 3.18. The van der Waals surface area contributed by atoms with Crippen LogP contribution in [-0.4, -0.2) is 64.5 Å². The zero-order valence-electron chi connectivity index (χ0n) is 18.3. The van der Waals surface area contributed by atoms with Gasteiger partial charge < -0.3 is 15.0 Å². The van der Waals surface area contributed by atoms with Crippen LogP contribution < -0.4 is 15.0 Å². The van der Waals surface area contributed by atoms with Gasteiger partial charge in [-0.25, -0.2) is 9.97 Å². The fraction of sp³-hybridized carbons (Fsp3) is 0.455. The molecule has 1 aromatic carbocycles. The van der Waals surface area contributed by atoms with E-state index < -0.39 is 0 Å². The minimum Gasteiger partial charge on any atom is -0.421 e. The van der Waals surface area contributed by atoms with Crippen molar-refractivity contribution in [2.24, 2.45) is 5.92 Å². The molecule has 1 fully saturated rings. The van der Waals surface area contributed by atoms with E-state index in [0.717, 1.165) is 37.2 Å². The maximum absolute atomic E-state index is 11.9. The van der Waals surface area contributed by atoms with Crippen molar-refractivity contribution in [2.45, 2.75) is 46.5 Å². The van der Waals surface area contributed by atoms with Gasteiger partial charge in [-0.1, -0.05) is 26.0 Å². The Bertz CT molecular complexity index is 865. The molecule has 1 amide bonds. The van der Waals surface area contributed by atoms with E-state index in [1.807, 2.05) is 38.1 Å². The van der Waals surface area contributed by atoms with Crippen molar-refractivity contribution in [3.63, 3.8) is 0 Å². The second kappa shape index (κ2) is 11.4. The Morgan fingerprint density at radius 2 is 1.83 bits per heavy atom. The molecule has 0 spiro atoms. The van der Waals surface area contributed by atoms with E-state index in [-0.39, 0.29) is 41.4 Å². The van der Waals surface area contributed by atoms with Crippen LogP contribution in [-0.2, 0) is 16.0 Å². The third kappa shape index (κ3) is 7.07. The van der Waals surface area contributed by atoms with Crippen LogP contribution in [0, 0.1) is 5.92 Å². The number of benzene rings is 1. The molecule has 0 atom stereocenters. The summed E-state index contributed by atoms with van der Waals surface area (Å²) in [5.74, 6) is 1.72. The molecule has 30 heavy (non-hydrogen) atoms. The van der Waals surface area contributed by atoms with Crippen LogP contribution in [0.25, 0.3) is 0 Å². The van der Waals surface area contributed by atoms with E-state index in [1.54, 1.807) is 6.20 Å². The maximum Gasteiger partial charge on any atom is 0.308 e. The van der Waals surface area contributed by atoms with E-state index >= 15 is 0 Å². The predicted molar refractivity (Wildman–Crippen MR) is 118 cm³/mol. The average molecular weight is 419 g/mol. The van der Waals surface area contributed by atoms with Gasteiger partial charge in [0.25, 0.3) is 0 Å². The molecule has 7 nitrogen and oxygen atoms in total. The Labute approximate surface area is 199 Å². The quantitative estimate of drug-likeness (QED) is 0.548. The van der Waals surface area contributed by atoms with Gasteiger partial charge in [0.2, 0.25) is 5.91 Å². The predicted octanol–water partition coefficient (Wildman–Crippen LogP) is 3.20. The normalized spacial score (nSPS) is 13.1. The van der Waals surface area contributed by atoms with E-state index in [4.69, 9.17) is 4.74 Å². The van der Waals surface area contributed by atoms with Crippen LogP contribution in [0.15, 0.2) is 30.5 Å². The summed E-state index contributed by atoms with van der Waals surface area (Å²) in [6.45, 7) is 7.21. The zero-order chi connectivity index (χ0) is 20.8. The Morgan fingerprint density at radius 3 is 2.43 bits per heavy atom. The molecule has 1 aromatic heterocycles. The zero-order valence-corrected chi connectivity index (χ0v) is 20.3. The number of hydrogen-bond donors (Lipinski definition) is 1. The molecule has 155 valence electrons. The van der Waals surface area contributed by atoms with E-state index in [0.29, 0.717) is 36.2 Å². The third-order valence-corrected chi connectivity index (χ3v) is 4.64. The van der Waals surface area contributed by atoms with Gasteiger partial charge in [0.15, 0.2) is 11.6 Å². The van der Waals surface area contributed by atoms with Crippen LogP contribution in [0.5, 0.6) is 5.75 Å². The Balaban J connectivity index is 0.00000320. The van der Waals surface area contributed by atoms with Crippen LogP contribution in [0.4, 0.5) is 11.5 Å². The van der Waals surface area contributed by atoms with Crippen LogP contribution in [0.1, 0.15) is 51.4 Å². The summed E-state index contributed by atoms with van der Waals surface area (Å²) in [5.41, 5.74) is 1.82. The molecule has 8 heteroatoms. The first-order valence-corrected chi connectivity index (χ1v) is 10.1. The Kier molecular flexibility index (Phi) is 9.27. The van der Waals surface area contributed by atoms with Crippen molar-refractivity contribution in [1.29, 1.82) is 0 Å². The largest absolute Gasteiger partial charge is 0.421 e. The van der Waals surface area contributed by atoms with Gasteiger partial charge in [0.05, 0.1) is 6.20 Å². The summed E-state index contributed by atoms with van der Waals surface area (Å²) in [6, 6.07) is 7.71. The van der Waals surface area contributed by atoms with E-state index in [9.17, 15) is 9.59 Å². The topological polar surface area (TPSA) is 84.4 Å². The van der Waals surface area contributed by atoms with Crippen molar-refractivity contribution in [1.82, 2.24) is 9.97 Å². The number of aromatic nitrogens is 2. The number of rotatable bonds is 7. The van der Waals surface area contributed by atoms with E-state index in [1.165, 1.54) is 6.92 Å². The van der Waals surface area contributed by atoms with Crippen LogP contribution in [0.3, 0.4) is 0 Å². The third-order valence-electron chi connectivity index (χ3n) is 4.64. The molecule has 1 N–H and O–H groups in total. The van der Waals surface area contributed by atoms with Crippen molar-refractivity contribution >= 4 is 52.9 Å². The monoisotopic (exact) mass is 419 g/mol. The number of amides is 1. The number of ether oxygens (including phenoxy) is 1. The number of esters is 1. The molecule has 3 rings (SSSR count). The van der Waals surface area contributed by atoms with Crippen LogP contribution >= 0.6 is 0 Å². The smallest absolute Gasteiger partial charge is 0.308 e. The van der Waals surface area contributed by atoms with Crippen molar-refractivity contribution in [2.75, 3.05) is 23.3 Å². The molecule has 0 bridgehead atoms. The van der Waals surface area contributed by atoms with Gasteiger partial charge in [0, 0.05) is 68.1 Å². The summed E-state index contributed by atoms with van der Waals surface area (Å²) >= 11 is 0. The fourth-order valence-electron chi connectivity index (χ4n) is 3.34. The van der Waals surface area contributed by atoms with Gasteiger partial charge in [0.1, 0.15) is 5.82 Å². The number of hydrogen-bond acceptors (Lipinski definition) is 6. The minimum absolute atomic E-state index is 0. The van der Waals surface area contributed by atoms with Gasteiger partial charge in [-0.15, -0.1) is 0 Å². The van der Waals surface area contributed by atoms with Crippen molar-refractivity contribution < 1.29 is 14.3 Å². The van der Waals surface area contributed by atoms with Gasteiger partial charge in [-0.05, 0) is 36.5 Å². The minimum atomic E-state index is -0.378.